The molecule has 4 aromatic rings. The van der Waals surface area contributed by atoms with Gasteiger partial charge in [0.25, 0.3) is 5.69 Å². The Hall–Kier alpha value is -4.38. The molecule has 2 unspecified atom stereocenters. The predicted octanol–water partition coefficient (Wildman–Crippen LogP) is 3.10. The van der Waals surface area contributed by atoms with Crippen LogP contribution in [0.2, 0.25) is 0 Å². The normalized spacial score (nSPS) is 12.8. The topological polar surface area (TPSA) is 165 Å². The van der Waals surface area contributed by atoms with Crippen molar-refractivity contribution in [1.82, 2.24) is 19.9 Å². The number of hydrogen-bond acceptors (Lipinski definition) is 8. The van der Waals surface area contributed by atoms with Crippen molar-refractivity contribution in [2.45, 2.75) is 18.4 Å². The number of ether oxygens (including phenoxy) is 2. The maximum atomic E-state index is 11.4. The zero-order chi connectivity index (χ0) is 24.2. The largest absolute Gasteiger partial charge is 0.497 e. The highest BCUT2D eigenvalue weighted by atomic mass is 16.6. The van der Waals surface area contributed by atoms with Gasteiger partial charge in [0.2, 0.25) is 0 Å². The summed E-state index contributed by atoms with van der Waals surface area (Å²) in [6, 6.07) is 11.8. The van der Waals surface area contributed by atoms with Crippen LogP contribution in [0.25, 0.3) is 0 Å². The summed E-state index contributed by atoms with van der Waals surface area (Å²) in [6.45, 7) is 0. The number of nitrogens with one attached hydrogen (secondary N) is 2. The molecule has 0 bridgehead atoms. The number of nitrogens with two attached hydrogens (primary N) is 1. The Kier molecular flexibility index (Phi) is 6.46. The van der Waals surface area contributed by atoms with E-state index in [0.717, 1.165) is 5.56 Å². The Labute approximate surface area is 194 Å². The first-order chi connectivity index (χ1) is 16.4. The summed E-state index contributed by atoms with van der Waals surface area (Å²) in [4.78, 5) is 25.4. The number of imidazole rings is 2. The van der Waals surface area contributed by atoms with Crippen molar-refractivity contribution in [2.75, 3.05) is 20.0 Å². The van der Waals surface area contributed by atoms with E-state index in [2.05, 4.69) is 19.9 Å². The number of aliphatic hydroxyl groups excluding tert-OH is 1. The van der Waals surface area contributed by atoms with Crippen LogP contribution in [0.5, 0.6) is 11.5 Å². The third-order valence-corrected chi connectivity index (χ3v) is 5.58. The quantitative estimate of drug-likeness (QED) is 0.217. The standard InChI is InChI=1S/C23H24N6O5/c1-33-16-6-3-13(4-7-16)17(12-14-11-15(29(31)32)5-8-18(14)34-2)19-20(28-23(24)27-19)21(30)22-25-9-10-26-22/h3-11,17,21,30H,12H2,1-2H3,(H,25,26)(H3,24,27,28). The van der Waals surface area contributed by atoms with Crippen molar-refractivity contribution in [2.24, 2.45) is 0 Å². The Morgan fingerprint density at radius 2 is 1.94 bits per heavy atom. The summed E-state index contributed by atoms with van der Waals surface area (Å²) in [5, 5.41) is 22.4. The number of hydrogen-bond donors (Lipinski definition) is 4. The van der Waals surface area contributed by atoms with Crippen LogP contribution in [-0.2, 0) is 6.42 Å². The van der Waals surface area contributed by atoms with Crippen LogP contribution < -0.4 is 15.2 Å². The molecular weight excluding hydrogens is 440 g/mol. The van der Waals surface area contributed by atoms with E-state index in [1.54, 1.807) is 19.4 Å². The molecule has 0 amide bonds. The number of anilines is 1. The third-order valence-electron chi connectivity index (χ3n) is 5.58. The van der Waals surface area contributed by atoms with Crippen LogP contribution in [0, 0.1) is 10.1 Å². The van der Waals surface area contributed by atoms with Crippen LogP contribution in [0.4, 0.5) is 11.6 Å². The maximum absolute atomic E-state index is 11.4. The van der Waals surface area contributed by atoms with Crippen LogP contribution in [0.1, 0.15) is 40.4 Å². The first kappa shape index (κ1) is 22.8. The smallest absolute Gasteiger partial charge is 0.269 e. The maximum Gasteiger partial charge on any atom is 0.269 e. The van der Waals surface area contributed by atoms with Crippen molar-refractivity contribution in [3.63, 3.8) is 0 Å². The first-order valence-electron chi connectivity index (χ1n) is 10.4. The Morgan fingerprint density at radius 3 is 2.56 bits per heavy atom. The van der Waals surface area contributed by atoms with Gasteiger partial charge in [-0.1, -0.05) is 12.1 Å². The lowest BCUT2D eigenvalue weighted by Gasteiger charge is -2.20. The lowest BCUT2D eigenvalue weighted by atomic mass is 9.87. The predicted molar refractivity (Wildman–Crippen MR) is 124 cm³/mol. The van der Waals surface area contributed by atoms with Gasteiger partial charge in [0, 0.05) is 36.0 Å². The SMILES string of the molecule is COc1ccc(C(Cc2cc([N+](=O)[O-])ccc2OC)c2nc(N)[nH]c2C(O)c2ncc[nH]2)cc1. The van der Waals surface area contributed by atoms with E-state index in [-0.39, 0.29) is 11.6 Å². The first-order valence-corrected chi connectivity index (χ1v) is 10.4. The van der Waals surface area contributed by atoms with E-state index in [9.17, 15) is 15.2 Å². The van der Waals surface area contributed by atoms with Gasteiger partial charge in [0.15, 0.2) is 12.1 Å². The van der Waals surface area contributed by atoms with Gasteiger partial charge in [0.1, 0.15) is 17.3 Å². The Balaban J connectivity index is 1.84. The lowest BCUT2D eigenvalue weighted by Crippen LogP contribution is -2.13. The van der Waals surface area contributed by atoms with Gasteiger partial charge in [-0.2, -0.15) is 0 Å². The van der Waals surface area contributed by atoms with E-state index in [0.29, 0.717) is 40.7 Å². The van der Waals surface area contributed by atoms with E-state index < -0.39 is 16.9 Å². The molecule has 0 fully saturated rings. The second kappa shape index (κ2) is 9.63. The van der Waals surface area contributed by atoms with Crippen LogP contribution in [-0.4, -0.2) is 44.2 Å². The highest BCUT2D eigenvalue weighted by Crippen LogP contribution is 2.37. The summed E-state index contributed by atoms with van der Waals surface area (Å²) >= 11 is 0. The molecule has 176 valence electrons. The van der Waals surface area contributed by atoms with Crippen molar-refractivity contribution in [3.05, 3.63) is 93.3 Å². The molecule has 11 nitrogen and oxygen atoms in total. The van der Waals surface area contributed by atoms with Crippen LogP contribution in [0.3, 0.4) is 0 Å². The summed E-state index contributed by atoms with van der Waals surface area (Å²) in [5.41, 5.74) is 8.26. The lowest BCUT2D eigenvalue weighted by molar-refractivity contribution is -0.384. The molecule has 2 heterocycles. The molecule has 0 aliphatic heterocycles. The minimum Gasteiger partial charge on any atom is -0.497 e. The molecular formula is C23H24N6O5. The molecule has 0 spiro atoms. The second-order valence-electron chi connectivity index (χ2n) is 7.58. The molecule has 5 N–H and O–H groups in total. The van der Waals surface area contributed by atoms with E-state index >= 15 is 0 Å². The number of nitrogens with zero attached hydrogens (tertiary/aromatic N) is 3. The number of benzene rings is 2. The molecule has 0 aliphatic carbocycles. The average Bonchev–Trinajstić information content (AvgIpc) is 3.52. The number of aromatic nitrogens is 4. The summed E-state index contributed by atoms with van der Waals surface area (Å²) in [6.07, 6.45) is 2.29. The average molecular weight is 464 g/mol. The van der Waals surface area contributed by atoms with Gasteiger partial charge in [-0.15, -0.1) is 0 Å². The zero-order valence-corrected chi connectivity index (χ0v) is 18.6. The summed E-state index contributed by atoms with van der Waals surface area (Å²) in [5.74, 6) is 1.19. The van der Waals surface area contributed by atoms with Crippen molar-refractivity contribution in [3.8, 4) is 11.5 Å². The number of aromatic amines is 2. The van der Waals surface area contributed by atoms with Gasteiger partial charge in [-0.25, -0.2) is 9.97 Å². The minimum absolute atomic E-state index is 0.0540. The third kappa shape index (κ3) is 4.55. The molecule has 0 saturated heterocycles. The van der Waals surface area contributed by atoms with Crippen molar-refractivity contribution < 1.29 is 19.5 Å². The van der Waals surface area contributed by atoms with Gasteiger partial charge < -0.3 is 30.3 Å². The molecule has 11 heteroatoms. The van der Waals surface area contributed by atoms with Crippen molar-refractivity contribution >= 4 is 11.6 Å². The number of non-ortho nitro benzene ring substituents is 1. The fourth-order valence-electron chi connectivity index (χ4n) is 3.92. The molecule has 2 aromatic heterocycles. The fraction of sp³-hybridized carbons (Fsp3) is 0.217. The molecule has 0 aliphatic rings. The van der Waals surface area contributed by atoms with Gasteiger partial charge >= 0.3 is 0 Å². The highest BCUT2D eigenvalue weighted by molar-refractivity contribution is 5.47. The molecule has 34 heavy (non-hydrogen) atoms. The number of H-pyrrole nitrogens is 2. The highest BCUT2D eigenvalue weighted by Gasteiger charge is 2.29. The molecule has 4 rings (SSSR count). The van der Waals surface area contributed by atoms with E-state index in [1.165, 1.54) is 25.4 Å². The number of rotatable bonds is 9. The van der Waals surface area contributed by atoms with Crippen LogP contribution >= 0.6 is 0 Å². The number of nitro benzene ring substituents is 1. The Bertz CT molecular complexity index is 1270. The Morgan fingerprint density at radius 1 is 1.18 bits per heavy atom. The zero-order valence-electron chi connectivity index (χ0n) is 18.6. The minimum atomic E-state index is -1.14. The summed E-state index contributed by atoms with van der Waals surface area (Å²) in [7, 11) is 3.08. The molecule has 0 radical (unpaired) electrons. The van der Waals surface area contributed by atoms with Gasteiger partial charge in [0.05, 0.1) is 30.5 Å². The number of nitro groups is 1. The number of methoxy groups -OCH3 is 2. The van der Waals surface area contributed by atoms with E-state index in [1.807, 2.05) is 24.3 Å². The van der Waals surface area contributed by atoms with Gasteiger partial charge in [-0.05, 0) is 30.2 Å². The monoisotopic (exact) mass is 464 g/mol. The molecule has 2 aromatic carbocycles. The van der Waals surface area contributed by atoms with Gasteiger partial charge in [-0.3, -0.25) is 10.1 Å². The summed E-state index contributed by atoms with van der Waals surface area (Å²) < 4.78 is 10.7. The number of nitrogen functional groups attached to an aromatic ring is 1. The second-order valence-corrected chi connectivity index (χ2v) is 7.58. The molecule has 0 saturated carbocycles. The van der Waals surface area contributed by atoms with E-state index in [4.69, 9.17) is 15.2 Å². The number of aliphatic hydroxyl groups is 1. The van der Waals surface area contributed by atoms with Crippen LogP contribution in [0.15, 0.2) is 54.9 Å². The van der Waals surface area contributed by atoms with Crippen molar-refractivity contribution in [1.29, 1.82) is 0 Å². The fourth-order valence-corrected chi connectivity index (χ4v) is 3.92. The molecule has 2 atom stereocenters.